The number of nitro benzene ring substituents is 1. The maximum absolute atomic E-state index is 12.8. The second-order valence-corrected chi connectivity index (χ2v) is 14.5. The van der Waals surface area contributed by atoms with E-state index in [1.54, 1.807) is 0 Å². The van der Waals surface area contributed by atoms with Crippen LogP contribution in [0.5, 0.6) is 5.88 Å². The van der Waals surface area contributed by atoms with Crippen LogP contribution in [0.1, 0.15) is 85.0 Å². The van der Waals surface area contributed by atoms with Gasteiger partial charge in [0, 0.05) is 23.9 Å². The summed E-state index contributed by atoms with van der Waals surface area (Å²) in [6, 6.07) is 4.13. The first-order chi connectivity index (χ1) is 19.9. The number of carbonyl (C=O) groups is 1. The Hall–Kier alpha value is -2.85. The van der Waals surface area contributed by atoms with Gasteiger partial charge in [-0.05, 0) is 116 Å². The summed E-state index contributed by atoms with van der Waals surface area (Å²) < 4.78 is 0. The molecule has 1 heterocycles. The zero-order valence-corrected chi connectivity index (χ0v) is 24.9. The molecule has 0 spiro atoms. The number of carbonyl (C=O) groups excluding carboxylic acids is 1. The third-order valence-electron chi connectivity index (χ3n) is 12.5. The molecule has 4 aliphatic carbocycles. The van der Waals surface area contributed by atoms with Crippen molar-refractivity contribution < 1.29 is 25.0 Å². The Balaban J connectivity index is 1.07. The van der Waals surface area contributed by atoms with E-state index in [0.717, 1.165) is 57.8 Å². The summed E-state index contributed by atoms with van der Waals surface area (Å²) >= 11 is 0. The van der Waals surface area contributed by atoms with Gasteiger partial charge in [-0.25, -0.2) is 0 Å². The maximum atomic E-state index is 12.8. The van der Waals surface area contributed by atoms with E-state index in [4.69, 9.17) is 0 Å². The fourth-order valence-electron chi connectivity index (χ4n) is 10.3. The Bertz CT molecular complexity index is 1360. The molecule has 42 heavy (non-hydrogen) atoms. The summed E-state index contributed by atoms with van der Waals surface area (Å²) in [4.78, 5) is 25.9. The number of anilines is 1. The number of amides is 1. The van der Waals surface area contributed by atoms with Crippen LogP contribution >= 0.6 is 0 Å². The predicted molar refractivity (Wildman–Crippen MR) is 157 cm³/mol. The smallest absolute Gasteiger partial charge is 0.271 e. The van der Waals surface area contributed by atoms with Gasteiger partial charge in [-0.1, -0.05) is 20.8 Å². The summed E-state index contributed by atoms with van der Waals surface area (Å²) in [5.74, 6) is 1.93. The molecule has 0 aliphatic heterocycles. The molecule has 10 heteroatoms. The molecule has 4 saturated carbocycles. The zero-order chi connectivity index (χ0) is 30.0. The monoisotopic (exact) mass is 581 g/mol. The van der Waals surface area contributed by atoms with Crippen molar-refractivity contribution in [3.8, 4) is 5.88 Å². The van der Waals surface area contributed by atoms with Crippen LogP contribution in [0.4, 0.5) is 11.4 Å². The lowest BCUT2D eigenvalue weighted by Crippen LogP contribution is -2.58. The summed E-state index contributed by atoms with van der Waals surface area (Å²) in [5, 5.41) is 45.7. The van der Waals surface area contributed by atoms with E-state index in [0.29, 0.717) is 52.8 Å². The van der Waals surface area contributed by atoms with Crippen LogP contribution in [0.3, 0.4) is 0 Å². The summed E-state index contributed by atoms with van der Waals surface area (Å²) in [7, 11) is 0. The highest BCUT2D eigenvalue weighted by atomic mass is 16.6. The molecule has 0 bridgehead atoms. The molecular formula is C32H45N4O6-. The quantitative estimate of drug-likeness (QED) is 0.227. The number of nitrogens with zero attached hydrogens (tertiary/aromatic N) is 1. The third kappa shape index (κ3) is 4.75. The zero-order valence-electron chi connectivity index (χ0n) is 24.9. The number of nitro groups is 1. The number of fused-ring (bicyclic) bond motifs is 6. The lowest BCUT2D eigenvalue weighted by Gasteiger charge is -2.62. The second kappa shape index (κ2) is 10.7. The lowest BCUT2D eigenvalue weighted by atomic mass is 9.43. The number of aliphatic hydroxyl groups is 2. The number of nitrogens with one attached hydrogen (secondary N) is 3. The number of hydrogen-bond acceptors (Lipinski definition) is 7. The minimum Gasteiger partial charge on any atom is -0.859 e. The molecule has 2 aromatic rings. The topological polar surface area (TPSA) is 164 Å². The molecule has 4 fully saturated rings. The van der Waals surface area contributed by atoms with Crippen molar-refractivity contribution in [3.63, 3.8) is 0 Å². The summed E-state index contributed by atoms with van der Waals surface area (Å²) in [6.07, 6.45) is 8.67. The molecule has 6 rings (SSSR count). The number of rotatable bonds is 7. The van der Waals surface area contributed by atoms with Crippen LogP contribution in [-0.2, 0) is 4.79 Å². The minimum atomic E-state index is -0.519. The van der Waals surface area contributed by atoms with Crippen LogP contribution in [-0.4, -0.2) is 38.2 Å². The van der Waals surface area contributed by atoms with Crippen molar-refractivity contribution in [2.75, 3.05) is 5.43 Å². The van der Waals surface area contributed by atoms with Crippen LogP contribution in [0.25, 0.3) is 10.9 Å². The summed E-state index contributed by atoms with van der Waals surface area (Å²) in [5.41, 5.74) is 6.14. The SMILES string of the molecule is C[C@@H](CCC(=O)NNc1c([O-])[nH]c2cc([N+](=O)[O-])ccc12)[C@@H]1CC[C@@H]2[C@H]3[C@H](O)C[C@@H]4C[C@@H](O)CC[C@]4(C)[C@H]3CC[C@@]21C. The number of hydrazine groups is 1. The number of aliphatic hydroxyl groups excluding tert-OH is 2. The van der Waals surface area contributed by atoms with E-state index < -0.39 is 10.8 Å². The Morgan fingerprint density at radius 1 is 1.12 bits per heavy atom. The Morgan fingerprint density at radius 3 is 2.62 bits per heavy atom. The Kier molecular flexibility index (Phi) is 7.45. The van der Waals surface area contributed by atoms with Gasteiger partial charge in [0.25, 0.3) is 5.69 Å². The van der Waals surface area contributed by atoms with Gasteiger partial charge in [0.05, 0.1) is 28.3 Å². The number of aromatic nitrogens is 1. The number of aromatic amines is 1. The van der Waals surface area contributed by atoms with E-state index in [9.17, 15) is 30.2 Å². The lowest BCUT2D eigenvalue weighted by molar-refractivity contribution is -0.384. The first-order valence-electron chi connectivity index (χ1n) is 15.8. The Morgan fingerprint density at radius 2 is 1.86 bits per heavy atom. The highest BCUT2D eigenvalue weighted by molar-refractivity contribution is 5.97. The van der Waals surface area contributed by atoms with Crippen LogP contribution in [0.2, 0.25) is 0 Å². The van der Waals surface area contributed by atoms with Gasteiger partial charge in [0.2, 0.25) is 5.91 Å². The van der Waals surface area contributed by atoms with Crippen LogP contribution < -0.4 is 16.0 Å². The largest absolute Gasteiger partial charge is 0.859 e. The molecule has 1 aromatic carbocycles. The second-order valence-electron chi connectivity index (χ2n) is 14.5. The van der Waals surface area contributed by atoms with Gasteiger partial charge in [-0.15, -0.1) is 0 Å². The number of non-ortho nitro benzene ring substituents is 1. The first kappa shape index (κ1) is 29.2. The van der Waals surface area contributed by atoms with E-state index in [1.165, 1.54) is 18.2 Å². The summed E-state index contributed by atoms with van der Waals surface area (Å²) in [6.45, 7) is 7.13. The van der Waals surface area contributed by atoms with E-state index >= 15 is 0 Å². The molecule has 0 saturated heterocycles. The average molecular weight is 582 g/mol. The van der Waals surface area contributed by atoms with E-state index in [-0.39, 0.29) is 40.3 Å². The third-order valence-corrected chi connectivity index (χ3v) is 12.5. The molecule has 10 nitrogen and oxygen atoms in total. The predicted octanol–water partition coefficient (Wildman–Crippen LogP) is 5.00. The van der Waals surface area contributed by atoms with Gasteiger partial charge in [-0.3, -0.25) is 25.8 Å². The van der Waals surface area contributed by atoms with Gasteiger partial charge < -0.3 is 20.3 Å². The standard InChI is InChI=1S/C32H46N4O6/c1-17(4-9-27(39)34-35-29-21-6-5-19(36(41)42)16-25(21)33-30(29)40)22-7-8-23-28-24(11-13-32(22,23)3)31(2)12-10-20(37)14-18(31)15-26(28)38/h5-6,16-18,20,22-24,26,28,33,35,37-38,40H,4,7-15H2,1-3H3,(H,34,39)/p-1/t17-,18-,20-,22-,23+,24-,26+,28+,31-,32+/m0/s1. The molecule has 1 aromatic heterocycles. The first-order valence-corrected chi connectivity index (χ1v) is 15.8. The van der Waals surface area contributed by atoms with Crippen LogP contribution in [0, 0.1) is 56.5 Å². The van der Waals surface area contributed by atoms with Crippen molar-refractivity contribution in [2.24, 2.45) is 46.3 Å². The molecule has 230 valence electrons. The number of hydrogen-bond donors (Lipinski definition) is 5. The van der Waals surface area contributed by atoms with E-state index in [1.807, 2.05) is 0 Å². The Labute approximate surface area is 246 Å². The number of benzene rings is 1. The highest BCUT2D eigenvalue weighted by Crippen LogP contribution is 2.68. The van der Waals surface area contributed by atoms with Crippen molar-refractivity contribution in [1.29, 1.82) is 0 Å². The highest BCUT2D eigenvalue weighted by Gasteiger charge is 2.62. The van der Waals surface area contributed by atoms with Crippen molar-refractivity contribution in [2.45, 2.75) is 97.2 Å². The van der Waals surface area contributed by atoms with Crippen molar-refractivity contribution in [1.82, 2.24) is 10.4 Å². The average Bonchev–Trinajstić information content (AvgIpc) is 3.46. The minimum absolute atomic E-state index is 0.116. The van der Waals surface area contributed by atoms with Gasteiger partial charge in [0.15, 0.2) is 0 Å². The van der Waals surface area contributed by atoms with Crippen LogP contribution in [0.15, 0.2) is 18.2 Å². The van der Waals surface area contributed by atoms with Gasteiger partial charge in [-0.2, -0.15) is 0 Å². The molecule has 0 unspecified atom stereocenters. The van der Waals surface area contributed by atoms with Gasteiger partial charge >= 0.3 is 0 Å². The normalized spacial score (nSPS) is 38.3. The maximum Gasteiger partial charge on any atom is 0.271 e. The molecule has 10 atom stereocenters. The van der Waals surface area contributed by atoms with Crippen molar-refractivity contribution >= 4 is 28.2 Å². The molecular weight excluding hydrogens is 536 g/mol. The molecule has 4 aliphatic rings. The fourth-order valence-corrected chi connectivity index (χ4v) is 10.3. The van der Waals surface area contributed by atoms with E-state index in [2.05, 4.69) is 36.6 Å². The molecule has 0 radical (unpaired) electrons. The molecule has 5 N–H and O–H groups in total. The molecule has 1 amide bonds. The van der Waals surface area contributed by atoms with Crippen molar-refractivity contribution in [3.05, 3.63) is 28.3 Å². The fraction of sp³-hybridized carbons (Fsp3) is 0.719. The van der Waals surface area contributed by atoms with Gasteiger partial charge in [0.1, 0.15) is 0 Å². The number of H-pyrrole nitrogens is 1.